The molecule has 7 heteroatoms. The average Bonchev–Trinajstić information content (AvgIpc) is 2.38. The van der Waals surface area contributed by atoms with Crippen molar-refractivity contribution in [2.24, 2.45) is 0 Å². The van der Waals surface area contributed by atoms with Crippen molar-refractivity contribution in [3.8, 4) is 0 Å². The van der Waals surface area contributed by atoms with Crippen molar-refractivity contribution in [1.82, 2.24) is 4.90 Å². The highest BCUT2D eigenvalue weighted by atomic mass is 35.5. The normalized spacial score (nSPS) is 16.5. The highest BCUT2D eigenvalue weighted by Gasteiger charge is 2.35. The van der Waals surface area contributed by atoms with E-state index in [9.17, 15) is 18.0 Å². The van der Waals surface area contributed by atoms with E-state index in [1.807, 2.05) is 0 Å². The molecule has 0 aromatic heterocycles. The molecule has 1 fully saturated rings. The number of rotatable bonds is 1. The maximum atomic E-state index is 12.7. The Bertz CT molecular complexity index is 486. The molecule has 0 bridgehead atoms. The van der Waals surface area contributed by atoms with Gasteiger partial charge >= 0.3 is 6.18 Å². The van der Waals surface area contributed by atoms with E-state index in [0.717, 1.165) is 17.6 Å². The van der Waals surface area contributed by atoms with Crippen LogP contribution in [0.2, 0.25) is 5.02 Å². The van der Waals surface area contributed by atoms with Gasteiger partial charge in [0, 0.05) is 24.6 Å². The quantitative estimate of drug-likeness (QED) is 0.791. The molecule has 2 nitrogen and oxygen atoms in total. The molecule has 0 aliphatic carbocycles. The lowest BCUT2D eigenvalue weighted by Crippen LogP contribution is -2.38. The van der Waals surface area contributed by atoms with Crippen LogP contribution in [0.3, 0.4) is 0 Å². The van der Waals surface area contributed by atoms with E-state index >= 15 is 0 Å². The number of amides is 1. The van der Waals surface area contributed by atoms with Gasteiger partial charge in [0.1, 0.15) is 0 Å². The molecular formula is C12H11ClF3NOS. The number of thioether (sulfide) groups is 1. The molecule has 1 saturated heterocycles. The molecular weight excluding hydrogens is 299 g/mol. The van der Waals surface area contributed by atoms with Crippen molar-refractivity contribution in [2.75, 3.05) is 24.6 Å². The van der Waals surface area contributed by atoms with Gasteiger partial charge < -0.3 is 4.90 Å². The number of carbonyl (C=O) groups is 1. The van der Waals surface area contributed by atoms with Crippen LogP contribution in [0.5, 0.6) is 0 Å². The summed E-state index contributed by atoms with van der Waals surface area (Å²) in [7, 11) is 0. The molecule has 19 heavy (non-hydrogen) atoms. The Labute approximate surface area is 117 Å². The van der Waals surface area contributed by atoms with Gasteiger partial charge in [0.05, 0.1) is 16.1 Å². The first-order valence-corrected chi connectivity index (χ1v) is 7.17. The molecule has 0 spiro atoms. The highest BCUT2D eigenvalue weighted by Crippen LogP contribution is 2.36. The summed E-state index contributed by atoms with van der Waals surface area (Å²) in [5, 5.41) is -0.516. The van der Waals surface area contributed by atoms with Crippen LogP contribution in [-0.2, 0) is 6.18 Å². The van der Waals surface area contributed by atoms with Crippen LogP contribution in [0.1, 0.15) is 15.9 Å². The van der Waals surface area contributed by atoms with Crippen molar-refractivity contribution in [1.29, 1.82) is 0 Å². The number of alkyl halides is 3. The van der Waals surface area contributed by atoms with Gasteiger partial charge in [-0.2, -0.15) is 24.9 Å². The molecule has 1 aliphatic rings. The summed E-state index contributed by atoms with van der Waals surface area (Å²) in [6, 6.07) is 3.42. The minimum atomic E-state index is -4.55. The Morgan fingerprint density at radius 2 is 1.89 bits per heavy atom. The summed E-state index contributed by atoms with van der Waals surface area (Å²) in [5.74, 6) is 1.15. The van der Waals surface area contributed by atoms with E-state index in [-0.39, 0.29) is 5.56 Å². The van der Waals surface area contributed by atoms with E-state index in [2.05, 4.69) is 0 Å². The van der Waals surface area contributed by atoms with Crippen molar-refractivity contribution in [2.45, 2.75) is 6.18 Å². The van der Waals surface area contributed by atoms with Gasteiger partial charge in [-0.1, -0.05) is 17.7 Å². The van der Waals surface area contributed by atoms with Gasteiger partial charge in [-0.15, -0.1) is 0 Å². The number of halogens is 4. The maximum Gasteiger partial charge on any atom is 0.417 e. The SMILES string of the molecule is O=C(c1cccc(C(F)(F)F)c1Cl)N1CCSCC1. The zero-order valence-corrected chi connectivity index (χ0v) is 11.4. The predicted octanol–water partition coefficient (Wildman–Crippen LogP) is 3.55. The van der Waals surface area contributed by atoms with Crippen LogP contribution in [0.25, 0.3) is 0 Å². The van der Waals surface area contributed by atoms with E-state index in [0.29, 0.717) is 13.1 Å². The Morgan fingerprint density at radius 3 is 2.47 bits per heavy atom. The Balaban J connectivity index is 2.32. The zero-order chi connectivity index (χ0) is 14.0. The van der Waals surface area contributed by atoms with Crippen LogP contribution in [0.15, 0.2) is 18.2 Å². The fourth-order valence-electron chi connectivity index (χ4n) is 1.85. The molecule has 0 unspecified atom stereocenters. The Hall–Kier alpha value is -0.880. The number of hydrogen-bond donors (Lipinski definition) is 0. The van der Waals surface area contributed by atoms with E-state index in [4.69, 9.17) is 11.6 Å². The van der Waals surface area contributed by atoms with Gasteiger partial charge in [0.25, 0.3) is 5.91 Å². The minimum Gasteiger partial charge on any atom is -0.337 e. The molecule has 2 rings (SSSR count). The van der Waals surface area contributed by atoms with Crippen LogP contribution in [0, 0.1) is 0 Å². The van der Waals surface area contributed by atoms with Gasteiger partial charge in [0.2, 0.25) is 0 Å². The number of nitrogens with zero attached hydrogens (tertiary/aromatic N) is 1. The lowest BCUT2D eigenvalue weighted by molar-refractivity contribution is -0.137. The predicted molar refractivity (Wildman–Crippen MR) is 69.7 cm³/mol. The second-order valence-electron chi connectivity index (χ2n) is 4.07. The van der Waals surface area contributed by atoms with Crippen LogP contribution in [-0.4, -0.2) is 35.4 Å². The lowest BCUT2D eigenvalue weighted by Gasteiger charge is -2.27. The standard InChI is InChI=1S/C12H11ClF3NOS/c13-10-8(2-1-3-9(10)12(14,15)16)11(18)17-4-6-19-7-5-17/h1-3H,4-7H2. The van der Waals surface area contributed by atoms with Crippen LogP contribution < -0.4 is 0 Å². The van der Waals surface area contributed by atoms with Crippen molar-refractivity contribution in [3.63, 3.8) is 0 Å². The molecule has 104 valence electrons. The van der Waals surface area contributed by atoms with Crippen LogP contribution >= 0.6 is 23.4 Å². The number of carbonyl (C=O) groups excluding carboxylic acids is 1. The molecule has 1 heterocycles. The number of hydrogen-bond acceptors (Lipinski definition) is 2. The average molecular weight is 310 g/mol. The lowest BCUT2D eigenvalue weighted by atomic mass is 10.1. The fourth-order valence-corrected chi connectivity index (χ4v) is 3.07. The molecule has 0 atom stereocenters. The Kier molecular flexibility index (Phi) is 4.30. The van der Waals surface area contributed by atoms with Crippen molar-refractivity contribution < 1.29 is 18.0 Å². The smallest absolute Gasteiger partial charge is 0.337 e. The summed E-state index contributed by atoms with van der Waals surface area (Å²) in [6.07, 6.45) is -4.55. The third kappa shape index (κ3) is 3.17. The molecule has 1 amide bonds. The Morgan fingerprint density at radius 1 is 1.26 bits per heavy atom. The van der Waals surface area contributed by atoms with E-state index in [1.54, 1.807) is 11.8 Å². The summed E-state index contributed by atoms with van der Waals surface area (Å²) in [5.41, 5.74) is -1.05. The van der Waals surface area contributed by atoms with Gasteiger partial charge in [-0.3, -0.25) is 4.79 Å². The van der Waals surface area contributed by atoms with Crippen molar-refractivity contribution >= 4 is 29.3 Å². The summed E-state index contributed by atoms with van der Waals surface area (Å²) in [4.78, 5) is 13.7. The van der Waals surface area contributed by atoms with E-state index < -0.39 is 22.7 Å². The maximum absolute atomic E-state index is 12.7. The topological polar surface area (TPSA) is 20.3 Å². The van der Waals surface area contributed by atoms with Gasteiger partial charge in [0.15, 0.2) is 0 Å². The second kappa shape index (κ2) is 5.63. The molecule has 0 radical (unpaired) electrons. The highest BCUT2D eigenvalue weighted by molar-refractivity contribution is 7.99. The van der Waals surface area contributed by atoms with Gasteiger partial charge in [-0.05, 0) is 12.1 Å². The molecule has 1 aromatic rings. The molecule has 1 aliphatic heterocycles. The molecule has 1 aromatic carbocycles. The zero-order valence-electron chi connectivity index (χ0n) is 9.84. The first kappa shape index (κ1) is 14.5. The third-order valence-electron chi connectivity index (χ3n) is 2.83. The monoisotopic (exact) mass is 309 g/mol. The van der Waals surface area contributed by atoms with Crippen molar-refractivity contribution in [3.05, 3.63) is 34.3 Å². The number of benzene rings is 1. The summed E-state index contributed by atoms with van der Waals surface area (Å²) in [6.45, 7) is 1.08. The summed E-state index contributed by atoms with van der Waals surface area (Å²) >= 11 is 7.45. The minimum absolute atomic E-state index is 0.0802. The molecule has 0 N–H and O–H groups in total. The molecule has 0 saturated carbocycles. The third-order valence-corrected chi connectivity index (χ3v) is 4.18. The van der Waals surface area contributed by atoms with Crippen LogP contribution in [0.4, 0.5) is 13.2 Å². The first-order chi connectivity index (χ1) is 8.91. The van der Waals surface area contributed by atoms with E-state index in [1.165, 1.54) is 17.0 Å². The largest absolute Gasteiger partial charge is 0.417 e. The first-order valence-electron chi connectivity index (χ1n) is 5.64. The fraction of sp³-hybridized carbons (Fsp3) is 0.417. The summed E-state index contributed by atoms with van der Waals surface area (Å²) < 4.78 is 38.2. The van der Waals surface area contributed by atoms with Gasteiger partial charge in [-0.25, -0.2) is 0 Å². The second-order valence-corrected chi connectivity index (χ2v) is 5.67.